The van der Waals surface area contributed by atoms with E-state index in [-0.39, 0.29) is 30.5 Å². The molecule has 9 heteroatoms. The molecular weight excluding hydrogens is 390 g/mol. The van der Waals surface area contributed by atoms with Gasteiger partial charge in [-0.25, -0.2) is 18.7 Å². The van der Waals surface area contributed by atoms with Crippen molar-refractivity contribution in [3.8, 4) is 22.7 Å². The second-order valence-electron chi connectivity index (χ2n) is 8.05. The average molecular weight is 410 g/mol. The van der Waals surface area contributed by atoms with Crippen molar-refractivity contribution in [1.29, 1.82) is 0 Å². The molecule has 154 valence electrons. The van der Waals surface area contributed by atoms with Crippen LogP contribution in [0, 0.1) is 0 Å². The molecule has 4 atom stereocenters. The smallest absolute Gasteiger partial charge is 0.174 e. The van der Waals surface area contributed by atoms with Gasteiger partial charge in [0.25, 0.3) is 0 Å². The fourth-order valence-corrected chi connectivity index (χ4v) is 4.32. The molecule has 0 unspecified atom stereocenters. The first kappa shape index (κ1) is 18.8. The molecule has 2 saturated heterocycles. The van der Waals surface area contributed by atoms with Crippen molar-refractivity contribution in [2.45, 2.75) is 43.7 Å². The van der Waals surface area contributed by atoms with Gasteiger partial charge in [-0.3, -0.25) is 0 Å². The SMILES string of the molecule is C[C@]12C[C@H](F)[C@H](C/C(=C\c3ncc(-c4ccc(-n5ccnc5)cc4O)nn3)[C@@H]1F)N2. The quantitative estimate of drug-likeness (QED) is 0.690. The first-order chi connectivity index (χ1) is 14.4. The highest BCUT2D eigenvalue weighted by Crippen LogP contribution is 2.42. The summed E-state index contributed by atoms with van der Waals surface area (Å²) in [6, 6.07) is 4.76. The van der Waals surface area contributed by atoms with Crippen LogP contribution < -0.4 is 5.32 Å². The van der Waals surface area contributed by atoms with Crippen LogP contribution in [0.2, 0.25) is 0 Å². The number of hydrogen-bond donors (Lipinski definition) is 2. The molecule has 4 heterocycles. The van der Waals surface area contributed by atoms with Crippen molar-refractivity contribution in [2.75, 3.05) is 0 Å². The lowest BCUT2D eigenvalue weighted by molar-refractivity contribution is 0.186. The molecule has 30 heavy (non-hydrogen) atoms. The van der Waals surface area contributed by atoms with Crippen LogP contribution in [0.5, 0.6) is 5.75 Å². The van der Waals surface area contributed by atoms with Crippen LogP contribution in [-0.2, 0) is 0 Å². The first-order valence-electron chi connectivity index (χ1n) is 9.71. The maximum absolute atomic E-state index is 14.9. The van der Waals surface area contributed by atoms with E-state index in [0.29, 0.717) is 16.8 Å². The Morgan fingerprint density at radius 1 is 1.30 bits per heavy atom. The van der Waals surface area contributed by atoms with Crippen LogP contribution in [0.3, 0.4) is 0 Å². The lowest BCUT2D eigenvalue weighted by Gasteiger charge is -2.35. The van der Waals surface area contributed by atoms with Crippen molar-refractivity contribution in [3.63, 3.8) is 0 Å². The fourth-order valence-electron chi connectivity index (χ4n) is 4.32. The number of aromatic hydroxyl groups is 1. The molecule has 0 saturated carbocycles. The normalized spacial score (nSPS) is 29.4. The van der Waals surface area contributed by atoms with Gasteiger partial charge in [-0.05, 0) is 37.1 Å². The van der Waals surface area contributed by atoms with Gasteiger partial charge in [-0.15, -0.1) is 10.2 Å². The number of imidazole rings is 1. The zero-order chi connectivity index (χ0) is 20.9. The van der Waals surface area contributed by atoms with E-state index in [4.69, 9.17) is 0 Å². The third kappa shape index (κ3) is 3.15. The Hall–Kier alpha value is -3.20. The number of hydrogen-bond acceptors (Lipinski definition) is 6. The van der Waals surface area contributed by atoms with Gasteiger partial charge in [-0.1, -0.05) is 0 Å². The second kappa shape index (κ2) is 6.94. The highest BCUT2D eigenvalue weighted by molar-refractivity contribution is 5.68. The van der Waals surface area contributed by atoms with E-state index in [9.17, 15) is 13.9 Å². The molecule has 2 aliphatic heterocycles. The van der Waals surface area contributed by atoms with E-state index in [0.717, 1.165) is 5.69 Å². The van der Waals surface area contributed by atoms with Crippen molar-refractivity contribution in [2.24, 2.45) is 0 Å². The molecule has 0 radical (unpaired) electrons. The van der Waals surface area contributed by atoms with E-state index in [2.05, 4.69) is 25.5 Å². The summed E-state index contributed by atoms with van der Waals surface area (Å²) in [6.45, 7) is 1.70. The highest BCUT2D eigenvalue weighted by Gasteiger charge is 2.52. The van der Waals surface area contributed by atoms with Crippen LogP contribution in [0.4, 0.5) is 8.78 Å². The predicted molar refractivity (Wildman–Crippen MR) is 106 cm³/mol. The molecular formula is C21H20F2N6O. The first-order valence-corrected chi connectivity index (χ1v) is 9.71. The third-order valence-electron chi connectivity index (χ3n) is 5.86. The van der Waals surface area contributed by atoms with Crippen LogP contribution in [-0.4, -0.2) is 53.8 Å². The van der Waals surface area contributed by atoms with Crippen molar-refractivity contribution in [3.05, 3.63) is 54.5 Å². The summed E-state index contributed by atoms with van der Waals surface area (Å²) in [6.07, 6.45) is 6.15. The standard InChI is InChI=1S/C21H20F2N6O/c1-21-9-15(22)16(26-21)6-12(20(21)23)7-19-25-10-17(27-28-19)14-3-2-13(8-18(14)30)29-5-4-24-11-29/h2-5,7-8,10-11,15-16,20,26,30H,6,9H2,1H3/b12-7+/t15-,16-,20-,21-/m0/s1. The zero-order valence-corrected chi connectivity index (χ0v) is 16.2. The van der Waals surface area contributed by atoms with E-state index in [1.807, 2.05) is 6.07 Å². The number of fused-ring (bicyclic) bond motifs is 2. The molecule has 2 bridgehead atoms. The summed E-state index contributed by atoms with van der Waals surface area (Å²) in [5.41, 5.74) is 1.21. The molecule has 1 aromatic carbocycles. The maximum atomic E-state index is 14.9. The fraction of sp³-hybridized carbons (Fsp3) is 0.333. The third-order valence-corrected chi connectivity index (χ3v) is 5.86. The number of aromatic nitrogens is 5. The summed E-state index contributed by atoms with van der Waals surface area (Å²) in [7, 11) is 0. The van der Waals surface area contributed by atoms with Crippen LogP contribution in [0.15, 0.2) is 48.7 Å². The minimum Gasteiger partial charge on any atom is -0.507 e. The van der Waals surface area contributed by atoms with Crippen molar-refractivity contribution >= 4 is 6.08 Å². The Balaban J connectivity index is 1.39. The van der Waals surface area contributed by atoms with Gasteiger partial charge in [0.15, 0.2) is 5.82 Å². The summed E-state index contributed by atoms with van der Waals surface area (Å²) in [4.78, 5) is 8.24. The van der Waals surface area contributed by atoms with Crippen LogP contribution in [0.1, 0.15) is 25.6 Å². The van der Waals surface area contributed by atoms with Crippen LogP contribution in [0.25, 0.3) is 23.0 Å². The van der Waals surface area contributed by atoms with Gasteiger partial charge in [0.2, 0.25) is 0 Å². The Morgan fingerprint density at radius 3 is 2.87 bits per heavy atom. The van der Waals surface area contributed by atoms with Gasteiger partial charge in [-0.2, -0.15) is 0 Å². The molecule has 3 aromatic rings. The zero-order valence-electron chi connectivity index (χ0n) is 16.2. The summed E-state index contributed by atoms with van der Waals surface area (Å²) >= 11 is 0. The Bertz CT molecular complexity index is 1100. The molecule has 0 aliphatic carbocycles. The van der Waals surface area contributed by atoms with Crippen molar-refractivity contribution in [1.82, 2.24) is 30.0 Å². The number of phenolic OH excluding ortho intramolecular Hbond substituents is 1. The lowest BCUT2D eigenvalue weighted by atomic mass is 9.86. The number of nitrogens with zero attached hydrogens (tertiary/aromatic N) is 5. The lowest BCUT2D eigenvalue weighted by Crippen LogP contribution is -2.53. The number of rotatable bonds is 3. The Labute approximate surface area is 171 Å². The maximum Gasteiger partial charge on any atom is 0.174 e. The molecule has 2 fully saturated rings. The second-order valence-corrected chi connectivity index (χ2v) is 8.05. The van der Waals surface area contributed by atoms with E-state index in [1.54, 1.807) is 48.4 Å². The number of nitrogens with one attached hydrogen (secondary N) is 1. The van der Waals surface area contributed by atoms with Gasteiger partial charge >= 0.3 is 0 Å². The summed E-state index contributed by atoms with van der Waals surface area (Å²) in [5.74, 6) is 0.287. The van der Waals surface area contributed by atoms with E-state index >= 15 is 0 Å². The van der Waals surface area contributed by atoms with Gasteiger partial charge in [0.1, 0.15) is 23.8 Å². The predicted octanol–water partition coefficient (Wildman–Crippen LogP) is 3.01. The summed E-state index contributed by atoms with van der Waals surface area (Å²) < 4.78 is 30.8. The number of alkyl halides is 2. The monoisotopic (exact) mass is 410 g/mol. The molecule has 0 amide bonds. The minimum absolute atomic E-state index is 0.0315. The molecule has 2 aromatic heterocycles. The molecule has 2 N–H and O–H groups in total. The Kier molecular flexibility index (Phi) is 4.35. The molecule has 5 rings (SSSR count). The number of phenols is 1. The number of benzene rings is 1. The number of halogens is 2. The van der Waals surface area contributed by atoms with Crippen molar-refractivity contribution < 1.29 is 13.9 Å². The van der Waals surface area contributed by atoms with Gasteiger partial charge < -0.3 is 15.0 Å². The average Bonchev–Trinajstić information content (AvgIpc) is 3.34. The minimum atomic E-state index is -1.31. The Morgan fingerprint density at radius 2 is 2.17 bits per heavy atom. The molecule has 2 aliphatic rings. The summed E-state index contributed by atoms with van der Waals surface area (Å²) in [5, 5.41) is 21.6. The number of piperidine rings is 1. The van der Waals surface area contributed by atoms with E-state index < -0.39 is 17.9 Å². The molecule has 0 spiro atoms. The molecule has 7 nitrogen and oxygen atoms in total. The van der Waals surface area contributed by atoms with Gasteiger partial charge in [0, 0.05) is 36.5 Å². The topological polar surface area (TPSA) is 88.8 Å². The van der Waals surface area contributed by atoms with Gasteiger partial charge in [0.05, 0.1) is 23.8 Å². The van der Waals surface area contributed by atoms with E-state index in [1.165, 1.54) is 6.20 Å². The highest BCUT2D eigenvalue weighted by atomic mass is 19.1. The van der Waals surface area contributed by atoms with Crippen LogP contribution >= 0.6 is 0 Å². The largest absolute Gasteiger partial charge is 0.507 e.